The minimum absolute atomic E-state index is 0.107. The first-order valence-electron chi connectivity index (χ1n) is 8.80. The molecule has 1 saturated carbocycles. The van der Waals surface area contributed by atoms with Crippen molar-refractivity contribution in [1.29, 1.82) is 0 Å². The van der Waals surface area contributed by atoms with Crippen molar-refractivity contribution in [2.24, 2.45) is 11.3 Å². The van der Waals surface area contributed by atoms with Gasteiger partial charge in [0.2, 0.25) is 0 Å². The molecule has 2 N–H and O–H groups in total. The van der Waals surface area contributed by atoms with Crippen molar-refractivity contribution in [2.75, 3.05) is 6.54 Å². The molecule has 1 heterocycles. The van der Waals surface area contributed by atoms with Crippen molar-refractivity contribution in [3.63, 3.8) is 0 Å². The summed E-state index contributed by atoms with van der Waals surface area (Å²) in [5, 5.41) is 13.1. The zero-order chi connectivity index (χ0) is 19.3. The molecule has 0 bridgehead atoms. The van der Waals surface area contributed by atoms with Crippen LogP contribution in [0.2, 0.25) is 0 Å². The van der Waals surface area contributed by atoms with Crippen LogP contribution in [0.1, 0.15) is 51.7 Å². The Balaban J connectivity index is 1.82. The highest BCUT2D eigenvalue weighted by Crippen LogP contribution is 2.46. The molecule has 2 fully saturated rings. The Kier molecular flexibility index (Phi) is 4.55. The van der Waals surface area contributed by atoms with Crippen molar-refractivity contribution >= 4 is 11.9 Å². The van der Waals surface area contributed by atoms with Gasteiger partial charge in [-0.25, -0.2) is 13.6 Å². The van der Waals surface area contributed by atoms with Gasteiger partial charge in [0.25, 0.3) is 5.91 Å². The summed E-state index contributed by atoms with van der Waals surface area (Å²) in [4.78, 5) is 26.3. The lowest BCUT2D eigenvalue weighted by Gasteiger charge is -2.43. The smallest absolute Gasteiger partial charge is 0.325 e. The predicted molar refractivity (Wildman–Crippen MR) is 91.1 cm³/mol. The van der Waals surface area contributed by atoms with Gasteiger partial charge in [-0.15, -0.1) is 0 Å². The number of benzene rings is 1. The van der Waals surface area contributed by atoms with Crippen LogP contribution in [0.5, 0.6) is 0 Å². The minimum Gasteiger partial charge on any atom is -0.386 e. The van der Waals surface area contributed by atoms with Crippen molar-refractivity contribution < 1.29 is 23.5 Å². The standard InChI is InChI=1S/C19H24F2N2O3/c1-11-7-18(2,3)10-19(8-11)16(25)23(17(26)22-19)9-15(24)13-6-12(20)4-5-14(13)21/h4-6,11,15,24H,7-10H2,1-3H3,(H,22,26). The van der Waals surface area contributed by atoms with Crippen molar-refractivity contribution in [1.82, 2.24) is 10.2 Å². The topological polar surface area (TPSA) is 69.6 Å². The number of carbonyl (C=O) groups excluding carboxylic acids is 2. The number of nitrogens with zero attached hydrogens (tertiary/aromatic N) is 1. The zero-order valence-corrected chi connectivity index (χ0v) is 15.2. The van der Waals surface area contributed by atoms with E-state index in [-0.39, 0.29) is 16.9 Å². The first-order chi connectivity index (χ1) is 12.0. The first-order valence-corrected chi connectivity index (χ1v) is 8.80. The monoisotopic (exact) mass is 366 g/mol. The molecule has 1 aromatic carbocycles. The van der Waals surface area contributed by atoms with Gasteiger partial charge in [-0.2, -0.15) is 0 Å². The van der Waals surface area contributed by atoms with Gasteiger partial charge in [0.1, 0.15) is 23.3 Å². The largest absolute Gasteiger partial charge is 0.386 e. The fourth-order valence-electron chi connectivity index (χ4n) is 4.71. The minimum atomic E-state index is -1.50. The summed E-state index contributed by atoms with van der Waals surface area (Å²) < 4.78 is 27.2. The SMILES string of the molecule is CC1CC(C)(C)CC2(C1)NC(=O)N(CC(O)c1cc(F)ccc1F)C2=O. The summed E-state index contributed by atoms with van der Waals surface area (Å²) >= 11 is 0. The number of hydrogen-bond acceptors (Lipinski definition) is 3. The molecule has 2 aliphatic rings. The van der Waals surface area contributed by atoms with Crippen LogP contribution in [0.15, 0.2) is 18.2 Å². The Labute approximate surface area is 151 Å². The number of β-amino-alcohol motifs (C(OH)–C–C–N with tert-alkyl or cyclic N) is 1. The maximum atomic E-state index is 13.9. The molecule has 1 saturated heterocycles. The van der Waals surface area contributed by atoms with Crippen LogP contribution in [0.4, 0.5) is 13.6 Å². The third kappa shape index (κ3) is 3.32. The molecule has 3 unspecified atom stereocenters. The fraction of sp³-hybridized carbons (Fsp3) is 0.579. The summed E-state index contributed by atoms with van der Waals surface area (Å²) in [6.07, 6.45) is 0.497. The van der Waals surface area contributed by atoms with E-state index in [0.29, 0.717) is 12.8 Å². The number of amides is 3. The number of urea groups is 1. The molecule has 0 aromatic heterocycles. The molecular weight excluding hydrogens is 342 g/mol. The Morgan fingerprint density at radius 2 is 2.00 bits per heavy atom. The van der Waals surface area contributed by atoms with E-state index in [1.54, 1.807) is 0 Å². The van der Waals surface area contributed by atoms with Gasteiger partial charge in [0.15, 0.2) is 0 Å². The lowest BCUT2D eigenvalue weighted by molar-refractivity contribution is -0.135. The molecule has 1 aromatic rings. The van der Waals surface area contributed by atoms with Gasteiger partial charge in [0.05, 0.1) is 6.54 Å². The molecular formula is C19H24F2N2O3. The van der Waals surface area contributed by atoms with Gasteiger partial charge < -0.3 is 10.4 Å². The molecule has 1 spiro atoms. The molecule has 3 amide bonds. The summed E-state index contributed by atoms with van der Waals surface area (Å²) in [5.74, 6) is -1.63. The van der Waals surface area contributed by atoms with Crippen LogP contribution < -0.4 is 5.32 Å². The highest BCUT2D eigenvalue weighted by Gasteiger charge is 2.56. The predicted octanol–water partition coefficient (Wildman–Crippen LogP) is 3.14. The van der Waals surface area contributed by atoms with E-state index >= 15 is 0 Å². The molecule has 1 aliphatic heterocycles. The van der Waals surface area contributed by atoms with Crippen molar-refractivity contribution in [2.45, 2.75) is 51.7 Å². The highest BCUT2D eigenvalue weighted by molar-refractivity contribution is 6.07. The lowest BCUT2D eigenvalue weighted by Crippen LogP contribution is -2.54. The molecule has 142 valence electrons. The van der Waals surface area contributed by atoms with Gasteiger partial charge in [-0.1, -0.05) is 20.8 Å². The maximum Gasteiger partial charge on any atom is 0.325 e. The number of nitrogens with one attached hydrogen (secondary N) is 1. The van der Waals surface area contributed by atoms with Crippen molar-refractivity contribution in [3.8, 4) is 0 Å². The van der Waals surface area contributed by atoms with Crippen molar-refractivity contribution in [3.05, 3.63) is 35.4 Å². The molecule has 26 heavy (non-hydrogen) atoms. The highest BCUT2D eigenvalue weighted by atomic mass is 19.1. The maximum absolute atomic E-state index is 13.9. The van der Waals surface area contributed by atoms with E-state index in [2.05, 4.69) is 19.2 Å². The van der Waals surface area contributed by atoms with Crippen LogP contribution in [-0.4, -0.2) is 34.0 Å². The van der Waals surface area contributed by atoms with Gasteiger partial charge >= 0.3 is 6.03 Å². The zero-order valence-electron chi connectivity index (χ0n) is 15.2. The number of rotatable bonds is 3. The third-order valence-electron chi connectivity index (χ3n) is 5.30. The van der Waals surface area contributed by atoms with Gasteiger partial charge in [0, 0.05) is 5.56 Å². The van der Waals surface area contributed by atoms with E-state index in [1.165, 1.54) is 0 Å². The van der Waals surface area contributed by atoms with E-state index in [1.807, 2.05) is 6.92 Å². The van der Waals surface area contributed by atoms with Gasteiger partial charge in [-0.05, 0) is 48.8 Å². The average molecular weight is 366 g/mol. The Morgan fingerprint density at radius 3 is 2.65 bits per heavy atom. The summed E-state index contributed by atoms with van der Waals surface area (Å²) in [6.45, 7) is 5.75. The number of halogens is 2. The summed E-state index contributed by atoms with van der Waals surface area (Å²) in [7, 11) is 0. The van der Waals surface area contributed by atoms with Crippen LogP contribution in [0, 0.1) is 23.0 Å². The Morgan fingerprint density at radius 1 is 1.31 bits per heavy atom. The van der Waals surface area contributed by atoms with Gasteiger partial charge in [-0.3, -0.25) is 9.69 Å². The normalized spacial score (nSPS) is 29.2. The molecule has 0 radical (unpaired) electrons. The van der Waals surface area contributed by atoms with Crippen LogP contribution in [0.25, 0.3) is 0 Å². The second kappa shape index (κ2) is 6.30. The van der Waals surface area contributed by atoms with E-state index in [4.69, 9.17) is 0 Å². The van der Waals surface area contributed by atoms with E-state index in [9.17, 15) is 23.5 Å². The summed E-state index contributed by atoms with van der Waals surface area (Å²) in [6, 6.07) is 2.13. The number of imide groups is 1. The fourth-order valence-corrected chi connectivity index (χ4v) is 4.71. The Bertz CT molecular complexity index is 752. The number of aliphatic hydroxyl groups excluding tert-OH is 1. The number of carbonyl (C=O) groups is 2. The first kappa shape index (κ1) is 18.8. The molecule has 1 aliphatic carbocycles. The number of hydrogen-bond donors (Lipinski definition) is 2. The van der Waals surface area contributed by atoms with E-state index in [0.717, 1.165) is 29.5 Å². The second-order valence-corrected chi connectivity index (χ2v) is 8.46. The van der Waals surface area contributed by atoms with Crippen LogP contribution in [0.3, 0.4) is 0 Å². The number of aliphatic hydroxyl groups is 1. The molecule has 3 rings (SSSR count). The lowest BCUT2D eigenvalue weighted by atomic mass is 9.64. The summed E-state index contributed by atoms with van der Waals surface area (Å²) in [5.41, 5.74) is -1.37. The second-order valence-electron chi connectivity index (χ2n) is 8.46. The third-order valence-corrected chi connectivity index (χ3v) is 5.30. The average Bonchev–Trinajstić information content (AvgIpc) is 2.71. The quantitative estimate of drug-likeness (QED) is 0.808. The van der Waals surface area contributed by atoms with Crippen LogP contribution >= 0.6 is 0 Å². The van der Waals surface area contributed by atoms with Crippen LogP contribution in [-0.2, 0) is 4.79 Å². The van der Waals surface area contributed by atoms with E-state index < -0.39 is 41.8 Å². The molecule has 5 nitrogen and oxygen atoms in total. The molecule has 3 atom stereocenters. The molecule has 7 heteroatoms. The Hall–Kier alpha value is -2.02.